The van der Waals surface area contributed by atoms with E-state index in [-0.39, 0.29) is 11.9 Å². The molecule has 2 heterocycles. The van der Waals surface area contributed by atoms with Crippen molar-refractivity contribution < 1.29 is 4.79 Å². The SMILES string of the molecule is NC1CCC2CN(C(=O)c3ccc(Br)cc3-n3cncn3)CC12. The van der Waals surface area contributed by atoms with E-state index in [1.807, 2.05) is 23.1 Å². The van der Waals surface area contributed by atoms with Gasteiger partial charge in [-0.05, 0) is 42.9 Å². The van der Waals surface area contributed by atoms with Crippen LogP contribution >= 0.6 is 15.9 Å². The Morgan fingerprint density at radius 3 is 2.91 bits per heavy atom. The number of hydrogen-bond acceptors (Lipinski definition) is 4. The van der Waals surface area contributed by atoms with Gasteiger partial charge in [-0.3, -0.25) is 4.79 Å². The van der Waals surface area contributed by atoms with Gasteiger partial charge in [-0.2, -0.15) is 5.10 Å². The number of nitrogens with two attached hydrogens (primary N) is 1. The third kappa shape index (κ3) is 2.57. The van der Waals surface area contributed by atoms with E-state index >= 15 is 0 Å². The summed E-state index contributed by atoms with van der Waals surface area (Å²) in [6.07, 6.45) is 5.29. The minimum Gasteiger partial charge on any atom is -0.338 e. The Hall–Kier alpha value is -1.73. The molecule has 23 heavy (non-hydrogen) atoms. The van der Waals surface area contributed by atoms with Gasteiger partial charge in [-0.25, -0.2) is 9.67 Å². The number of fused-ring (bicyclic) bond motifs is 1. The highest BCUT2D eigenvalue weighted by molar-refractivity contribution is 9.10. The summed E-state index contributed by atoms with van der Waals surface area (Å²) in [5.74, 6) is 1.05. The smallest absolute Gasteiger partial charge is 0.256 e. The first-order chi connectivity index (χ1) is 11.1. The minimum absolute atomic E-state index is 0.0459. The van der Waals surface area contributed by atoms with E-state index in [1.165, 1.54) is 6.33 Å². The van der Waals surface area contributed by atoms with E-state index in [4.69, 9.17) is 5.73 Å². The maximum absolute atomic E-state index is 13.0. The van der Waals surface area contributed by atoms with E-state index in [9.17, 15) is 4.79 Å². The molecule has 1 saturated heterocycles. The lowest BCUT2D eigenvalue weighted by Crippen LogP contribution is -2.34. The Morgan fingerprint density at radius 2 is 2.17 bits per heavy atom. The van der Waals surface area contributed by atoms with E-state index in [1.54, 1.807) is 11.0 Å². The molecule has 2 aromatic rings. The first-order valence-electron chi connectivity index (χ1n) is 7.83. The predicted molar refractivity (Wildman–Crippen MR) is 89.2 cm³/mol. The van der Waals surface area contributed by atoms with Gasteiger partial charge in [0.05, 0.1) is 11.3 Å². The molecule has 0 radical (unpaired) electrons. The molecule has 120 valence electrons. The zero-order valence-electron chi connectivity index (χ0n) is 12.6. The fraction of sp³-hybridized carbons (Fsp3) is 0.438. The lowest BCUT2D eigenvalue weighted by Gasteiger charge is -2.20. The molecule has 1 amide bonds. The molecule has 3 unspecified atom stereocenters. The van der Waals surface area contributed by atoms with Crippen molar-refractivity contribution in [2.45, 2.75) is 18.9 Å². The maximum atomic E-state index is 13.0. The van der Waals surface area contributed by atoms with Crippen molar-refractivity contribution in [3.63, 3.8) is 0 Å². The highest BCUT2D eigenvalue weighted by atomic mass is 79.9. The number of hydrogen-bond donors (Lipinski definition) is 1. The van der Waals surface area contributed by atoms with Crippen LogP contribution in [0.1, 0.15) is 23.2 Å². The summed E-state index contributed by atoms with van der Waals surface area (Å²) in [6.45, 7) is 1.57. The molecule has 1 aliphatic heterocycles. The second kappa shape index (κ2) is 5.72. The molecule has 1 aliphatic carbocycles. The number of halogens is 1. The summed E-state index contributed by atoms with van der Waals surface area (Å²) in [7, 11) is 0. The van der Waals surface area contributed by atoms with Gasteiger partial charge in [0.25, 0.3) is 5.91 Å². The Bertz CT molecular complexity index is 732. The van der Waals surface area contributed by atoms with Gasteiger partial charge in [-0.1, -0.05) is 15.9 Å². The fourth-order valence-corrected chi connectivity index (χ4v) is 4.20. The molecule has 1 aromatic heterocycles. The molecule has 2 fully saturated rings. The molecule has 2 N–H and O–H groups in total. The zero-order valence-corrected chi connectivity index (χ0v) is 14.2. The fourth-order valence-electron chi connectivity index (χ4n) is 3.85. The number of nitrogens with zero attached hydrogens (tertiary/aromatic N) is 4. The van der Waals surface area contributed by atoms with Gasteiger partial charge in [0.15, 0.2) is 0 Å². The first-order valence-corrected chi connectivity index (χ1v) is 8.62. The highest BCUT2D eigenvalue weighted by Gasteiger charge is 2.42. The molecule has 0 bridgehead atoms. The molecule has 1 saturated carbocycles. The van der Waals surface area contributed by atoms with Gasteiger partial charge in [-0.15, -0.1) is 0 Å². The van der Waals surface area contributed by atoms with Gasteiger partial charge >= 0.3 is 0 Å². The largest absolute Gasteiger partial charge is 0.338 e. The van der Waals surface area contributed by atoms with Crippen LogP contribution in [0.4, 0.5) is 0 Å². The van der Waals surface area contributed by atoms with Gasteiger partial charge < -0.3 is 10.6 Å². The predicted octanol–water partition coefficient (Wildman–Crippen LogP) is 1.84. The highest BCUT2D eigenvalue weighted by Crippen LogP contribution is 2.38. The average Bonchev–Trinajstić information content (AvgIpc) is 3.25. The van der Waals surface area contributed by atoms with Crippen LogP contribution in [0.5, 0.6) is 0 Å². The number of carbonyl (C=O) groups is 1. The van der Waals surface area contributed by atoms with Crippen LogP contribution in [0.3, 0.4) is 0 Å². The standard InChI is InChI=1S/C16H18BrN5O/c17-11-2-3-12(15(5-11)22-9-19-8-20-22)16(23)21-6-10-1-4-14(18)13(10)7-21/h2-3,5,8-10,13-14H,1,4,6-7,18H2. The molecule has 7 heteroatoms. The lowest BCUT2D eigenvalue weighted by molar-refractivity contribution is 0.0779. The Labute approximate surface area is 142 Å². The third-order valence-corrected chi connectivity index (χ3v) is 5.55. The lowest BCUT2D eigenvalue weighted by atomic mass is 9.98. The number of rotatable bonds is 2. The van der Waals surface area contributed by atoms with Gasteiger partial charge in [0, 0.05) is 23.6 Å². The van der Waals surface area contributed by atoms with Crippen molar-refractivity contribution in [1.82, 2.24) is 19.7 Å². The van der Waals surface area contributed by atoms with Gasteiger partial charge in [0.1, 0.15) is 12.7 Å². The molecule has 0 spiro atoms. The summed E-state index contributed by atoms with van der Waals surface area (Å²) in [6, 6.07) is 5.86. The second-order valence-corrected chi connectivity index (χ2v) is 7.29. The van der Waals surface area contributed by atoms with Crippen molar-refractivity contribution in [1.29, 1.82) is 0 Å². The molecular weight excluding hydrogens is 358 g/mol. The van der Waals surface area contributed by atoms with E-state index in [0.29, 0.717) is 17.4 Å². The average molecular weight is 376 g/mol. The number of benzene rings is 1. The monoisotopic (exact) mass is 375 g/mol. The van der Waals surface area contributed by atoms with E-state index < -0.39 is 0 Å². The van der Waals surface area contributed by atoms with Crippen LogP contribution in [0.15, 0.2) is 35.3 Å². The number of likely N-dealkylation sites (tertiary alicyclic amines) is 1. The molecular formula is C16H18BrN5O. The van der Waals surface area contributed by atoms with Gasteiger partial charge in [0.2, 0.25) is 0 Å². The zero-order chi connectivity index (χ0) is 16.0. The van der Waals surface area contributed by atoms with Crippen molar-refractivity contribution in [2.75, 3.05) is 13.1 Å². The Kier molecular flexibility index (Phi) is 3.69. The molecule has 1 aromatic carbocycles. The number of carbonyl (C=O) groups excluding carboxylic acids is 1. The molecule has 4 rings (SSSR count). The summed E-state index contributed by atoms with van der Waals surface area (Å²) in [5.41, 5.74) is 7.57. The number of aromatic nitrogens is 3. The summed E-state index contributed by atoms with van der Waals surface area (Å²) in [5, 5.41) is 4.16. The van der Waals surface area contributed by atoms with E-state index in [2.05, 4.69) is 26.0 Å². The van der Waals surface area contributed by atoms with Crippen LogP contribution in [0.25, 0.3) is 5.69 Å². The van der Waals surface area contributed by atoms with Crippen molar-refractivity contribution in [3.8, 4) is 5.69 Å². The molecule has 3 atom stereocenters. The van der Waals surface area contributed by atoms with Crippen LogP contribution < -0.4 is 5.73 Å². The summed E-state index contributed by atoms with van der Waals surface area (Å²) >= 11 is 3.46. The van der Waals surface area contributed by atoms with Crippen LogP contribution in [-0.4, -0.2) is 44.7 Å². The van der Waals surface area contributed by atoms with Crippen molar-refractivity contribution in [3.05, 3.63) is 40.9 Å². The Morgan fingerprint density at radius 1 is 1.30 bits per heavy atom. The van der Waals surface area contributed by atoms with Crippen molar-refractivity contribution in [2.24, 2.45) is 17.6 Å². The van der Waals surface area contributed by atoms with Crippen LogP contribution in [0.2, 0.25) is 0 Å². The topological polar surface area (TPSA) is 77.0 Å². The molecule has 6 nitrogen and oxygen atoms in total. The maximum Gasteiger partial charge on any atom is 0.256 e. The van der Waals surface area contributed by atoms with Crippen molar-refractivity contribution >= 4 is 21.8 Å². The minimum atomic E-state index is 0.0459. The van der Waals surface area contributed by atoms with Crippen LogP contribution in [-0.2, 0) is 0 Å². The second-order valence-electron chi connectivity index (χ2n) is 6.38. The first kappa shape index (κ1) is 14.8. The summed E-state index contributed by atoms with van der Waals surface area (Å²) in [4.78, 5) is 18.9. The molecule has 2 aliphatic rings. The van der Waals surface area contributed by atoms with E-state index in [0.717, 1.165) is 36.1 Å². The third-order valence-electron chi connectivity index (χ3n) is 5.06. The quantitative estimate of drug-likeness (QED) is 0.868. The normalized spacial score (nSPS) is 26.5. The Balaban J connectivity index is 1.65. The summed E-state index contributed by atoms with van der Waals surface area (Å²) < 4.78 is 2.53. The van der Waals surface area contributed by atoms with Crippen LogP contribution in [0, 0.1) is 11.8 Å². The number of amides is 1.